The second kappa shape index (κ2) is 9.68. The average molecular weight is 318 g/mol. The van der Waals surface area contributed by atoms with Gasteiger partial charge in [0.25, 0.3) is 0 Å². The molecule has 4 nitrogen and oxygen atoms in total. The number of Topliss-reactive ketones (excluding diaryl/α,β-unsaturated/α-hetero) is 1. The smallest absolute Gasteiger partial charge is 0.179 e. The normalized spacial score (nSPS) is 17.0. The van der Waals surface area contributed by atoms with Crippen LogP contribution in [0.15, 0.2) is 24.3 Å². The number of carbonyl (C=O) groups excluding carboxylic acids is 1. The molecule has 0 aromatic heterocycles. The maximum atomic E-state index is 12.6. The summed E-state index contributed by atoms with van der Waals surface area (Å²) in [4.78, 5) is 14.8. The Morgan fingerprint density at radius 2 is 1.87 bits per heavy atom. The maximum Gasteiger partial charge on any atom is 0.179 e. The van der Waals surface area contributed by atoms with Crippen molar-refractivity contribution < 1.29 is 9.53 Å². The number of rotatable bonds is 9. The number of benzene rings is 1. The molecule has 23 heavy (non-hydrogen) atoms. The van der Waals surface area contributed by atoms with E-state index in [4.69, 9.17) is 4.74 Å². The van der Waals surface area contributed by atoms with E-state index in [2.05, 4.69) is 17.1 Å². The summed E-state index contributed by atoms with van der Waals surface area (Å²) in [6.07, 6.45) is 4.81. The van der Waals surface area contributed by atoms with Gasteiger partial charge in [-0.25, -0.2) is 0 Å². The zero-order valence-corrected chi connectivity index (χ0v) is 14.5. The first-order valence-electron chi connectivity index (χ1n) is 8.94. The van der Waals surface area contributed by atoms with Crippen LogP contribution in [0.4, 0.5) is 0 Å². The molecule has 1 saturated heterocycles. The van der Waals surface area contributed by atoms with Gasteiger partial charge in [-0.05, 0) is 37.6 Å². The summed E-state index contributed by atoms with van der Waals surface area (Å²) in [5, 5.41) is 3.32. The van der Waals surface area contributed by atoms with Crippen LogP contribution in [0.2, 0.25) is 0 Å². The van der Waals surface area contributed by atoms with Gasteiger partial charge in [-0.1, -0.05) is 26.2 Å². The molecule has 1 N–H and O–H groups in total. The number of carbonyl (C=O) groups is 1. The summed E-state index contributed by atoms with van der Waals surface area (Å²) >= 11 is 0. The molecule has 0 radical (unpaired) electrons. The first kappa shape index (κ1) is 18.0. The number of unbranched alkanes of at least 4 members (excludes halogenated alkanes) is 3. The average Bonchev–Trinajstić information content (AvgIpc) is 2.61. The molecule has 1 aliphatic rings. The Hall–Kier alpha value is -1.39. The Kier molecular flexibility index (Phi) is 7.56. The van der Waals surface area contributed by atoms with Gasteiger partial charge in [0.15, 0.2) is 5.78 Å². The molecular formula is C19H30N2O2. The highest BCUT2D eigenvalue weighted by Crippen LogP contribution is 2.16. The third-order valence-electron chi connectivity index (χ3n) is 4.48. The number of ether oxygens (including phenoxy) is 1. The first-order chi connectivity index (χ1) is 11.2. The fraction of sp³-hybridized carbons (Fsp3) is 0.632. The molecule has 1 aromatic rings. The van der Waals surface area contributed by atoms with Crippen molar-refractivity contribution in [1.29, 1.82) is 0 Å². The highest BCUT2D eigenvalue weighted by Gasteiger charge is 2.23. The molecule has 1 aliphatic heterocycles. The van der Waals surface area contributed by atoms with Crippen LogP contribution in [-0.2, 0) is 0 Å². The van der Waals surface area contributed by atoms with Crippen LogP contribution in [0.3, 0.4) is 0 Å². The maximum absolute atomic E-state index is 12.6. The number of hydrogen-bond donors (Lipinski definition) is 1. The minimum atomic E-state index is -0.0575. The van der Waals surface area contributed by atoms with Crippen molar-refractivity contribution in [2.75, 3.05) is 32.8 Å². The second-order valence-corrected chi connectivity index (χ2v) is 6.26. The first-order valence-corrected chi connectivity index (χ1v) is 8.94. The molecule has 1 fully saturated rings. The van der Waals surface area contributed by atoms with E-state index in [9.17, 15) is 4.79 Å². The molecule has 128 valence electrons. The topological polar surface area (TPSA) is 41.6 Å². The van der Waals surface area contributed by atoms with Gasteiger partial charge in [0.05, 0.1) is 12.6 Å². The Bertz CT molecular complexity index is 467. The van der Waals surface area contributed by atoms with Gasteiger partial charge in [-0.15, -0.1) is 0 Å². The Morgan fingerprint density at radius 3 is 2.52 bits per heavy atom. The molecule has 2 rings (SSSR count). The molecule has 1 atom stereocenters. The molecular weight excluding hydrogens is 288 g/mol. The molecule has 0 spiro atoms. The Balaban J connectivity index is 1.82. The minimum Gasteiger partial charge on any atom is -0.494 e. The summed E-state index contributed by atoms with van der Waals surface area (Å²) < 4.78 is 5.73. The SMILES string of the molecule is CCCCCCOc1ccc(C(=O)C(C)N2CCNCC2)cc1. The fourth-order valence-corrected chi connectivity index (χ4v) is 2.91. The minimum absolute atomic E-state index is 0.0575. The lowest BCUT2D eigenvalue weighted by molar-refractivity contribution is 0.0820. The van der Waals surface area contributed by atoms with Gasteiger partial charge in [0.1, 0.15) is 5.75 Å². The highest BCUT2D eigenvalue weighted by atomic mass is 16.5. The molecule has 1 heterocycles. The van der Waals surface area contributed by atoms with E-state index < -0.39 is 0 Å². The van der Waals surface area contributed by atoms with E-state index >= 15 is 0 Å². The van der Waals surface area contributed by atoms with Crippen LogP contribution in [0.25, 0.3) is 0 Å². The second-order valence-electron chi connectivity index (χ2n) is 6.26. The number of hydrogen-bond acceptors (Lipinski definition) is 4. The van der Waals surface area contributed by atoms with E-state index in [1.807, 2.05) is 31.2 Å². The van der Waals surface area contributed by atoms with Crippen LogP contribution in [0, 0.1) is 0 Å². The van der Waals surface area contributed by atoms with E-state index in [0.29, 0.717) is 0 Å². The van der Waals surface area contributed by atoms with Crippen molar-refractivity contribution in [1.82, 2.24) is 10.2 Å². The monoisotopic (exact) mass is 318 g/mol. The summed E-state index contributed by atoms with van der Waals surface area (Å²) in [6, 6.07) is 7.55. The van der Waals surface area contributed by atoms with Gasteiger partial charge >= 0.3 is 0 Å². The largest absolute Gasteiger partial charge is 0.494 e. The highest BCUT2D eigenvalue weighted by molar-refractivity contribution is 5.99. The van der Waals surface area contributed by atoms with Crippen molar-refractivity contribution in [2.45, 2.75) is 45.6 Å². The van der Waals surface area contributed by atoms with Crippen molar-refractivity contribution in [2.24, 2.45) is 0 Å². The number of piperazine rings is 1. The third-order valence-corrected chi connectivity index (χ3v) is 4.48. The van der Waals surface area contributed by atoms with Crippen LogP contribution in [0.1, 0.15) is 49.9 Å². The van der Waals surface area contributed by atoms with Crippen LogP contribution in [0.5, 0.6) is 5.75 Å². The predicted octanol–water partition coefficient (Wildman–Crippen LogP) is 3.12. The van der Waals surface area contributed by atoms with Gasteiger partial charge in [-0.2, -0.15) is 0 Å². The van der Waals surface area contributed by atoms with E-state index in [1.54, 1.807) is 0 Å². The predicted molar refractivity (Wildman–Crippen MR) is 94.3 cm³/mol. The van der Waals surface area contributed by atoms with Gasteiger partial charge in [-0.3, -0.25) is 9.69 Å². The Labute approximate surface area is 140 Å². The zero-order valence-electron chi connectivity index (χ0n) is 14.5. The lowest BCUT2D eigenvalue weighted by atomic mass is 10.0. The molecule has 0 saturated carbocycles. The molecule has 4 heteroatoms. The zero-order chi connectivity index (χ0) is 16.5. The molecule has 1 unspecified atom stereocenters. The van der Waals surface area contributed by atoms with Crippen LogP contribution in [-0.4, -0.2) is 49.5 Å². The summed E-state index contributed by atoms with van der Waals surface area (Å²) in [5.41, 5.74) is 0.773. The van der Waals surface area contributed by atoms with E-state index in [-0.39, 0.29) is 11.8 Å². The van der Waals surface area contributed by atoms with Gasteiger partial charge in [0.2, 0.25) is 0 Å². The van der Waals surface area contributed by atoms with Crippen molar-refractivity contribution in [3.05, 3.63) is 29.8 Å². The number of ketones is 1. The molecule has 0 aliphatic carbocycles. The number of nitrogens with one attached hydrogen (secondary N) is 1. The summed E-state index contributed by atoms with van der Waals surface area (Å²) in [6.45, 7) is 8.76. The van der Waals surface area contributed by atoms with Gasteiger partial charge < -0.3 is 10.1 Å². The van der Waals surface area contributed by atoms with Crippen molar-refractivity contribution in [3.8, 4) is 5.75 Å². The fourth-order valence-electron chi connectivity index (χ4n) is 2.91. The lowest BCUT2D eigenvalue weighted by Gasteiger charge is -2.31. The lowest BCUT2D eigenvalue weighted by Crippen LogP contribution is -2.50. The van der Waals surface area contributed by atoms with Crippen LogP contribution < -0.4 is 10.1 Å². The molecule has 0 bridgehead atoms. The Morgan fingerprint density at radius 1 is 1.17 bits per heavy atom. The van der Waals surface area contributed by atoms with E-state index in [0.717, 1.165) is 50.5 Å². The summed E-state index contributed by atoms with van der Waals surface area (Å²) in [7, 11) is 0. The standard InChI is InChI=1S/C19H30N2O2/c1-3-4-5-6-15-23-18-9-7-17(8-10-18)19(22)16(2)21-13-11-20-12-14-21/h7-10,16,20H,3-6,11-15H2,1-2H3. The van der Waals surface area contributed by atoms with Crippen molar-refractivity contribution in [3.63, 3.8) is 0 Å². The summed E-state index contributed by atoms with van der Waals surface area (Å²) in [5.74, 6) is 1.05. The molecule has 1 aromatic carbocycles. The third kappa shape index (κ3) is 5.63. The van der Waals surface area contributed by atoms with Gasteiger partial charge in [0, 0.05) is 31.7 Å². The van der Waals surface area contributed by atoms with E-state index in [1.165, 1.54) is 19.3 Å². The quantitative estimate of drug-likeness (QED) is 0.561. The van der Waals surface area contributed by atoms with Crippen molar-refractivity contribution >= 4 is 5.78 Å². The molecule has 0 amide bonds. The number of nitrogens with zero attached hydrogens (tertiary/aromatic N) is 1. The van der Waals surface area contributed by atoms with Crippen LogP contribution >= 0.6 is 0 Å².